The summed E-state index contributed by atoms with van der Waals surface area (Å²) >= 11 is 0. The lowest BCUT2D eigenvalue weighted by atomic mass is 10.0. The predicted molar refractivity (Wildman–Crippen MR) is 327 cm³/mol. The van der Waals surface area contributed by atoms with Crippen molar-refractivity contribution in [3.8, 4) is 0 Å². The Balaban J connectivity index is 4.09. The van der Waals surface area contributed by atoms with E-state index in [2.05, 4.69) is 153 Å². The number of amides is 1. The monoisotopic (exact) mass is 1060 g/mol. The van der Waals surface area contributed by atoms with Gasteiger partial charge in [0.2, 0.25) is 5.91 Å². The van der Waals surface area contributed by atoms with E-state index in [1.807, 2.05) is 21.1 Å². The summed E-state index contributed by atoms with van der Waals surface area (Å²) in [7, 11) is 1.59. The van der Waals surface area contributed by atoms with E-state index < -0.39 is 20.0 Å². The quantitative estimate of drug-likeness (QED) is 0.0243. The molecular weight excluding hydrogens is 948 g/mol. The summed E-state index contributed by atoms with van der Waals surface area (Å²) in [6.07, 6.45) is 83.8. The lowest BCUT2D eigenvalue weighted by molar-refractivity contribution is -0.870. The fraction of sp³-hybridized carbons (Fsp3) is 0.652. The van der Waals surface area contributed by atoms with Gasteiger partial charge in [0.1, 0.15) is 13.2 Å². The highest BCUT2D eigenvalue weighted by atomic mass is 31.2. The van der Waals surface area contributed by atoms with Crippen molar-refractivity contribution >= 4 is 13.7 Å². The maximum absolute atomic E-state index is 13.0. The third-order valence-corrected chi connectivity index (χ3v) is 13.6. The SMILES string of the molecule is CC/C=C\C/C=C\C/C=C\C/C=C\C/C=C\C/C=C\C/C=C\C/C=C\C/C=C\C/C=C\C/C=C\CCCCCCCCCC(=O)NC(COP(=O)(O)OCC[N+](C)(C)C)C(O)CCCCCCCCCCCCCC. The summed E-state index contributed by atoms with van der Waals surface area (Å²) in [5.41, 5.74) is 0. The molecule has 0 aromatic rings. The first-order valence-electron chi connectivity index (χ1n) is 30.0. The molecule has 0 bridgehead atoms. The number of nitrogens with one attached hydrogen (secondary N) is 1. The number of nitrogens with zero attached hydrogens (tertiary/aromatic N) is 1. The number of hydrogen-bond donors (Lipinski definition) is 3. The maximum Gasteiger partial charge on any atom is 0.472 e. The Bertz CT molecular complexity index is 1680. The number of allylic oxidation sites excluding steroid dienone is 22. The van der Waals surface area contributed by atoms with Gasteiger partial charge in [-0.05, 0) is 96.3 Å². The number of phosphoric ester groups is 1. The van der Waals surface area contributed by atoms with E-state index in [0.717, 1.165) is 122 Å². The van der Waals surface area contributed by atoms with E-state index in [4.69, 9.17) is 9.05 Å². The fourth-order valence-corrected chi connectivity index (χ4v) is 8.73. The Hall–Kier alpha value is -3.36. The molecule has 3 N–H and O–H groups in total. The average molecular weight is 1060 g/mol. The van der Waals surface area contributed by atoms with Gasteiger partial charge >= 0.3 is 7.82 Å². The molecule has 0 saturated carbocycles. The van der Waals surface area contributed by atoms with Gasteiger partial charge in [-0.15, -0.1) is 0 Å². The van der Waals surface area contributed by atoms with Crippen molar-refractivity contribution in [1.82, 2.24) is 5.32 Å². The van der Waals surface area contributed by atoms with Crippen LogP contribution in [0.3, 0.4) is 0 Å². The number of phosphoric acid groups is 1. The summed E-state index contributed by atoms with van der Waals surface area (Å²) in [6, 6.07) is -0.775. The molecule has 3 atom stereocenters. The lowest BCUT2D eigenvalue weighted by Crippen LogP contribution is -2.46. The Kier molecular flexibility index (Phi) is 52.9. The molecule has 75 heavy (non-hydrogen) atoms. The van der Waals surface area contributed by atoms with Crippen molar-refractivity contribution in [3.63, 3.8) is 0 Å². The van der Waals surface area contributed by atoms with Crippen molar-refractivity contribution in [2.24, 2.45) is 0 Å². The average Bonchev–Trinajstić information content (AvgIpc) is 3.37. The Labute approximate surface area is 462 Å². The van der Waals surface area contributed by atoms with E-state index in [1.54, 1.807) is 0 Å². The summed E-state index contributed by atoms with van der Waals surface area (Å²) < 4.78 is 23.7. The first-order valence-corrected chi connectivity index (χ1v) is 31.5. The molecule has 8 nitrogen and oxygen atoms in total. The second kappa shape index (κ2) is 55.4. The molecule has 428 valence electrons. The van der Waals surface area contributed by atoms with Gasteiger partial charge in [-0.2, -0.15) is 0 Å². The molecule has 0 spiro atoms. The molecule has 0 aliphatic heterocycles. The van der Waals surface area contributed by atoms with E-state index in [1.165, 1.54) is 77.0 Å². The summed E-state index contributed by atoms with van der Waals surface area (Å²) in [6.45, 7) is 4.74. The Morgan fingerprint density at radius 1 is 0.467 bits per heavy atom. The fourth-order valence-electron chi connectivity index (χ4n) is 7.99. The van der Waals surface area contributed by atoms with Gasteiger partial charge in [0.15, 0.2) is 0 Å². The third kappa shape index (κ3) is 58.2. The Morgan fingerprint density at radius 2 is 0.800 bits per heavy atom. The van der Waals surface area contributed by atoms with Crippen molar-refractivity contribution in [3.05, 3.63) is 134 Å². The number of quaternary nitrogens is 1. The van der Waals surface area contributed by atoms with Gasteiger partial charge in [-0.1, -0.05) is 257 Å². The molecular formula is C66H114N2O6P+. The number of unbranched alkanes of at least 4 members (excludes halogenated alkanes) is 18. The van der Waals surface area contributed by atoms with Crippen LogP contribution >= 0.6 is 7.82 Å². The zero-order valence-corrected chi connectivity index (χ0v) is 49.6. The number of aliphatic hydroxyl groups is 1. The molecule has 3 unspecified atom stereocenters. The molecule has 0 aliphatic rings. The van der Waals surface area contributed by atoms with E-state index in [9.17, 15) is 19.4 Å². The van der Waals surface area contributed by atoms with Crippen LogP contribution in [-0.4, -0.2) is 73.4 Å². The highest BCUT2D eigenvalue weighted by Gasteiger charge is 2.28. The lowest BCUT2D eigenvalue weighted by Gasteiger charge is -2.26. The minimum atomic E-state index is -4.33. The molecule has 1 amide bonds. The van der Waals surface area contributed by atoms with Gasteiger partial charge in [-0.3, -0.25) is 13.8 Å². The first-order chi connectivity index (χ1) is 36.5. The number of hydrogen-bond acceptors (Lipinski definition) is 5. The predicted octanol–water partition coefficient (Wildman–Crippen LogP) is 18.7. The highest BCUT2D eigenvalue weighted by molar-refractivity contribution is 7.47. The smallest absolute Gasteiger partial charge is 0.391 e. The molecule has 0 saturated heterocycles. The van der Waals surface area contributed by atoms with Crippen molar-refractivity contribution in [2.75, 3.05) is 40.9 Å². The Morgan fingerprint density at radius 3 is 1.17 bits per heavy atom. The molecule has 0 radical (unpaired) electrons. The zero-order valence-electron chi connectivity index (χ0n) is 48.7. The number of likely N-dealkylation sites (N-methyl/N-ethyl adjacent to an activating group) is 1. The highest BCUT2D eigenvalue weighted by Crippen LogP contribution is 2.43. The molecule has 9 heteroatoms. The summed E-state index contributed by atoms with van der Waals surface area (Å²) in [5, 5.41) is 14.0. The molecule has 0 fully saturated rings. The van der Waals surface area contributed by atoms with Gasteiger partial charge in [0.25, 0.3) is 0 Å². The van der Waals surface area contributed by atoms with E-state index >= 15 is 0 Å². The van der Waals surface area contributed by atoms with Crippen LogP contribution in [0.5, 0.6) is 0 Å². The standard InChI is InChI=1S/C66H113N2O6P/c1-6-8-10-12-14-16-18-20-21-22-23-24-25-26-27-28-29-30-31-32-33-34-35-36-37-38-39-40-41-42-43-44-45-46-47-48-50-52-54-56-58-60-66(70)67-64(63-74-75(71,72)73-62-61-68(3,4)5)65(69)59-57-55-53-51-49-19-17-15-13-11-9-7-2/h8,10,14,16,20-21,23-24,26-27,29-30,32-33,35-36,38-39,41-42,44-45,64-65,69H,6-7,9,11-13,15,17-19,22,25,28,31,34,37,40,43,46-63H2,1-5H3,(H-,67,70,71,72)/p+1/b10-8-,16-14-,21-20-,24-23-,27-26-,30-29-,33-32-,36-35-,39-38-,42-41-,45-44-. The normalized spacial score (nSPS) is 14.8. The summed E-state index contributed by atoms with van der Waals surface area (Å²) in [4.78, 5) is 23.3. The second-order valence-corrected chi connectivity index (χ2v) is 22.4. The van der Waals surface area contributed by atoms with Gasteiger partial charge in [0.05, 0.1) is 39.9 Å². The topological polar surface area (TPSA) is 105 Å². The van der Waals surface area contributed by atoms with Crippen LogP contribution in [-0.2, 0) is 18.4 Å². The van der Waals surface area contributed by atoms with E-state index in [-0.39, 0.29) is 19.1 Å². The van der Waals surface area contributed by atoms with Crippen LogP contribution in [0.15, 0.2) is 134 Å². The largest absolute Gasteiger partial charge is 0.472 e. The van der Waals surface area contributed by atoms with Crippen LogP contribution in [0.4, 0.5) is 0 Å². The molecule has 0 heterocycles. The third-order valence-electron chi connectivity index (χ3n) is 12.7. The zero-order chi connectivity index (χ0) is 54.9. The van der Waals surface area contributed by atoms with E-state index in [0.29, 0.717) is 23.9 Å². The number of carbonyl (C=O) groups is 1. The second-order valence-electron chi connectivity index (χ2n) is 21.0. The van der Waals surface area contributed by atoms with Crippen LogP contribution < -0.4 is 5.32 Å². The van der Waals surface area contributed by atoms with Crippen LogP contribution in [0.2, 0.25) is 0 Å². The number of rotatable bonds is 53. The molecule has 0 aromatic carbocycles. The minimum Gasteiger partial charge on any atom is -0.391 e. The number of carbonyl (C=O) groups excluding carboxylic acids is 1. The first kappa shape index (κ1) is 71.6. The van der Waals surface area contributed by atoms with Crippen molar-refractivity contribution in [1.29, 1.82) is 0 Å². The molecule has 0 aliphatic carbocycles. The van der Waals surface area contributed by atoms with Crippen LogP contribution in [0.25, 0.3) is 0 Å². The van der Waals surface area contributed by atoms with Crippen LogP contribution in [0, 0.1) is 0 Å². The van der Waals surface area contributed by atoms with Crippen molar-refractivity contribution in [2.45, 2.75) is 238 Å². The minimum absolute atomic E-state index is 0.0660. The molecule has 0 rings (SSSR count). The maximum atomic E-state index is 13.0. The van der Waals surface area contributed by atoms with Crippen LogP contribution in [0.1, 0.15) is 226 Å². The number of aliphatic hydroxyl groups excluding tert-OH is 1. The van der Waals surface area contributed by atoms with Crippen molar-refractivity contribution < 1.29 is 32.9 Å². The van der Waals surface area contributed by atoms with Gasteiger partial charge in [0, 0.05) is 6.42 Å². The van der Waals surface area contributed by atoms with Gasteiger partial charge in [-0.25, -0.2) is 4.57 Å². The summed E-state index contributed by atoms with van der Waals surface area (Å²) in [5.74, 6) is -0.162. The van der Waals surface area contributed by atoms with Gasteiger partial charge < -0.3 is 19.8 Å². The molecule has 0 aromatic heterocycles.